The summed E-state index contributed by atoms with van der Waals surface area (Å²) in [6.45, 7) is 8.77. The van der Waals surface area contributed by atoms with E-state index in [4.69, 9.17) is 0 Å². The largest absolute Gasteiger partial charge is 0.481 e. The normalized spacial score (nSPS) is 12.8. The quantitative estimate of drug-likeness (QED) is 0.852. The van der Waals surface area contributed by atoms with Crippen molar-refractivity contribution in [2.75, 3.05) is 18.5 Å². The summed E-state index contributed by atoms with van der Waals surface area (Å²) in [6.07, 6.45) is 0. The van der Waals surface area contributed by atoms with Gasteiger partial charge in [0.15, 0.2) is 0 Å². The van der Waals surface area contributed by atoms with Gasteiger partial charge in [0.05, 0.1) is 5.92 Å². The van der Waals surface area contributed by atoms with E-state index in [1.807, 2.05) is 25.8 Å². The Labute approximate surface area is 116 Å². The van der Waals surface area contributed by atoms with E-state index in [1.54, 1.807) is 0 Å². The molecule has 0 aliphatic rings. The Kier molecular flexibility index (Phi) is 5.40. The minimum atomic E-state index is -0.722. The van der Waals surface area contributed by atoms with Crippen molar-refractivity contribution in [3.05, 3.63) is 29.8 Å². The molecule has 0 fully saturated rings. The van der Waals surface area contributed by atoms with Crippen LogP contribution < -0.4 is 4.90 Å². The van der Waals surface area contributed by atoms with Gasteiger partial charge in [-0.05, 0) is 29.5 Å². The maximum atomic E-state index is 11.2. The second-order valence-electron chi connectivity index (χ2n) is 5.82. The lowest BCUT2D eigenvalue weighted by atomic mass is 9.95. The van der Waals surface area contributed by atoms with Crippen LogP contribution in [0.25, 0.3) is 0 Å². The van der Waals surface area contributed by atoms with Crippen molar-refractivity contribution in [3.8, 4) is 0 Å². The zero-order valence-corrected chi connectivity index (χ0v) is 12.6. The van der Waals surface area contributed by atoms with Gasteiger partial charge < -0.3 is 10.0 Å². The molecule has 1 atom stereocenters. The van der Waals surface area contributed by atoms with E-state index >= 15 is 0 Å². The van der Waals surface area contributed by atoms with Crippen LogP contribution in [-0.4, -0.2) is 24.7 Å². The fourth-order valence-corrected chi connectivity index (χ4v) is 2.09. The molecule has 0 saturated carbocycles. The van der Waals surface area contributed by atoms with Crippen molar-refractivity contribution in [1.82, 2.24) is 0 Å². The standard InChI is InChI=1S/C16H25NO2/c1-11(2)13-6-8-14(9-7-13)17(5)10-15(12(3)4)16(18)19/h6-9,11-12,15H,10H2,1-5H3,(H,18,19). The zero-order chi connectivity index (χ0) is 14.6. The summed E-state index contributed by atoms with van der Waals surface area (Å²) in [4.78, 5) is 13.2. The molecule has 0 radical (unpaired) electrons. The van der Waals surface area contributed by atoms with Crippen LogP contribution in [0.15, 0.2) is 24.3 Å². The van der Waals surface area contributed by atoms with Gasteiger partial charge in [0, 0.05) is 19.3 Å². The molecule has 0 saturated heterocycles. The first-order valence-electron chi connectivity index (χ1n) is 6.86. The van der Waals surface area contributed by atoms with Crippen LogP contribution in [0.2, 0.25) is 0 Å². The molecule has 0 aromatic heterocycles. The third-order valence-electron chi connectivity index (χ3n) is 3.59. The van der Waals surface area contributed by atoms with Crippen LogP contribution in [0.1, 0.15) is 39.2 Å². The number of carboxylic acid groups (broad SMARTS) is 1. The van der Waals surface area contributed by atoms with Gasteiger partial charge in [-0.15, -0.1) is 0 Å². The highest BCUT2D eigenvalue weighted by Gasteiger charge is 2.23. The van der Waals surface area contributed by atoms with Gasteiger partial charge in [-0.3, -0.25) is 4.79 Å². The molecule has 1 rings (SSSR count). The van der Waals surface area contributed by atoms with E-state index in [1.165, 1.54) is 5.56 Å². The molecule has 0 spiro atoms. The van der Waals surface area contributed by atoms with Gasteiger partial charge in [-0.2, -0.15) is 0 Å². The first-order valence-corrected chi connectivity index (χ1v) is 6.86. The van der Waals surface area contributed by atoms with E-state index in [-0.39, 0.29) is 11.8 Å². The van der Waals surface area contributed by atoms with Crippen LogP contribution in [0.5, 0.6) is 0 Å². The third kappa shape index (κ3) is 4.27. The fraction of sp³-hybridized carbons (Fsp3) is 0.562. The predicted octanol–water partition coefficient (Wildman–Crippen LogP) is 3.60. The molecule has 106 valence electrons. The van der Waals surface area contributed by atoms with E-state index in [0.29, 0.717) is 12.5 Å². The average molecular weight is 263 g/mol. The third-order valence-corrected chi connectivity index (χ3v) is 3.59. The van der Waals surface area contributed by atoms with Crippen molar-refractivity contribution >= 4 is 11.7 Å². The van der Waals surface area contributed by atoms with Gasteiger partial charge >= 0.3 is 5.97 Å². The summed E-state index contributed by atoms with van der Waals surface area (Å²) in [5.41, 5.74) is 2.37. The molecule has 0 bridgehead atoms. The summed E-state index contributed by atoms with van der Waals surface area (Å²) in [5, 5.41) is 9.23. The Morgan fingerprint density at radius 1 is 1.16 bits per heavy atom. The first-order chi connectivity index (χ1) is 8.82. The Balaban J connectivity index is 2.77. The van der Waals surface area contributed by atoms with E-state index in [2.05, 4.69) is 38.1 Å². The first kappa shape index (κ1) is 15.5. The van der Waals surface area contributed by atoms with Gasteiger partial charge in [0.25, 0.3) is 0 Å². The molecule has 0 aliphatic carbocycles. The minimum absolute atomic E-state index is 0.134. The summed E-state index contributed by atoms with van der Waals surface area (Å²) in [5.74, 6) is -0.410. The summed E-state index contributed by atoms with van der Waals surface area (Å²) in [6, 6.07) is 8.35. The number of benzene rings is 1. The Morgan fingerprint density at radius 3 is 2.05 bits per heavy atom. The van der Waals surface area contributed by atoms with Gasteiger partial charge in [-0.25, -0.2) is 0 Å². The lowest BCUT2D eigenvalue weighted by molar-refractivity contribution is -0.142. The van der Waals surface area contributed by atoms with Crippen LogP contribution in [0, 0.1) is 11.8 Å². The lowest BCUT2D eigenvalue weighted by Crippen LogP contribution is -2.33. The summed E-state index contributed by atoms with van der Waals surface area (Å²) < 4.78 is 0. The minimum Gasteiger partial charge on any atom is -0.481 e. The number of carboxylic acids is 1. The number of aliphatic carboxylic acids is 1. The number of anilines is 1. The molecule has 1 aromatic carbocycles. The molecule has 0 amide bonds. The zero-order valence-electron chi connectivity index (χ0n) is 12.6. The number of rotatable bonds is 6. The van der Waals surface area contributed by atoms with E-state index in [9.17, 15) is 9.90 Å². The van der Waals surface area contributed by atoms with Crippen LogP contribution in [0.3, 0.4) is 0 Å². The van der Waals surface area contributed by atoms with Crippen LogP contribution >= 0.6 is 0 Å². The van der Waals surface area contributed by atoms with Crippen molar-refractivity contribution < 1.29 is 9.90 Å². The van der Waals surface area contributed by atoms with E-state index < -0.39 is 5.97 Å². The smallest absolute Gasteiger partial charge is 0.308 e. The molecule has 3 heteroatoms. The Bertz CT molecular complexity index is 409. The van der Waals surface area contributed by atoms with Gasteiger partial charge in [-0.1, -0.05) is 39.8 Å². The molecule has 19 heavy (non-hydrogen) atoms. The Hall–Kier alpha value is -1.51. The number of carbonyl (C=O) groups is 1. The second kappa shape index (κ2) is 6.60. The van der Waals surface area contributed by atoms with Crippen molar-refractivity contribution in [2.24, 2.45) is 11.8 Å². The molecular weight excluding hydrogens is 238 g/mol. The molecule has 1 N–H and O–H groups in total. The highest BCUT2D eigenvalue weighted by molar-refractivity contribution is 5.71. The second-order valence-corrected chi connectivity index (χ2v) is 5.82. The highest BCUT2D eigenvalue weighted by Crippen LogP contribution is 2.21. The highest BCUT2D eigenvalue weighted by atomic mass is 16.4. The maximum Gasteiger partial charge on any atom is 0.308 e. The molecular formula is C16H25NO2. The Morgan fingerprint density at radius 2 is 1.68 bits per heavy atom. The van der Waals surface area contributed by atoms with Crippen LogP contribution in [-0.2, 0) is 4.79 Å². The predicted molar refractivity (Wildman–Crippen MR) is 79.8 cm³/mol. The molecule has 0 aliphatic heterocycles. The maximum absolute atomic E-state index is 11.2. The number of hydrogen-bond donors (Lipinski definition) is 1. The van der Waals surface area contributed by atoms with E-state index in [0.717, 1.165) is 5.69 Å². The van der Waals surface area contributed by atoms with Crippen LogP contribution in [0.4, 0.5) is 5.69 Å². The summed E-state index contributed by atoms with van der Waals surface area (Å²) >= 11 is 0. The monoisotopic (exact) mass is 263 g/mol. The number of hydrogen-bond acceptors (Lipinski definition) is 2. The molecule has 3 nitrogen and oxygen atoms in total. The van der Waals surface area contributed by atoms with Gasteiger partial charge in [0.1, 0.15) is 0 Å². The number of nitrogens with zero attached hydrogens (tertiary/aromatic N) is 1. The molecule has 1 aromatic rings. The van der Waals surface area contributed by atoms with Crippen molar-refractivity contribution in [1.29, 1.82) is 0 Å². The van der Waals surface area contributed by atoms with Crippen molar-refractivity contribution in [3.63, 3.8) is 0 Å². The lowest BCUT2D eigenvalue weighted by Gasteiger charge is -2.25. The van der Waals surface area contributed by atoms with Crippen molar-refractivity contribution in [2.45, 2.75) is 33.6 Å². The summed E-state index contributed by atoms with van der Waals surface area (Å²) in [7, 11) is 1.95. The topological polar surface area (TPSA) is 40.5 Å². The van der Waals surface area contributed by atoms with Gasteiger partial charge in [0.2, 0.25) is 0 Å². The average Bonchev–Trinajstić information content (AvgIpc) is 2.34. The SMILES string of the molecule is CC(C)c1ccc(N(C)CC(C(=O)O)C(C)C)cc1. The molecule has 0 heterocycles. The molecule has 1 unspecified atom stereocenters. The fourth-order valence-electron chi connectivity index (χ4n) is 2.09.